The Hall–Kier alpha value is -0.955. The lowest BCUT2D eigenvalue weighted by molar-refractivity contribution is 0.289. The molecule has 0 aromatic heterocycles. The predicted octanol–water partition coefficient (Wildman–Crippen LogP) is 2.03. The summed E-state index contributed by atoms with van der Waals surface area (Å²) >= 11 is 0. The molecule has 0 spiro atoms. The Morgan fingerprint density at radius 2 is 2.00 bits per heavy atom. The predicted molar refractivity (Wildman–Crippen MR) is 49.1 cm³/mol. The van der Waals surface area contributed by atoms with Crippen LogP contribution in [0.1, 0.15) is 13.3 Å². The zero-order valence-corrected chi connectivity index (χ0v) is 7.19. The van der Waals surface area contributed by atoms with Crippen LogP contribution in [0.5, 0.6) is 5.75 Å². The highest BCUT2D eigenvalue weighted by Gasteiger charge is 1.95. The maximum Gasteiger partial charge on any atom is 0.572 e. The van der Waals surface area contributed by atoms with Crippen molar-refractivity contribution >= 4 is 7.69 Å². The molecule has 0 N–H and O–H groups in total. The molecule has 63 valence electrons. The molecule has 0 fully saturated rings. The number of benzene rings is 1. The molecule has 1 aromatic rings. The summed E-state index contributed by atoms with van der Waals surface area (Å²) in [6.07, 6.45) is 0.995. The lowest BCUT2D eigenvalue weighted by Crippen LogP contribution is -2.07. The van der Waals surface area contributed by atoms with E-state index in [4.69, 9.17) is 9.31 Å². The molecule has 3 heteroatoms. The van der Waals surface area contributed by atoms with Crippen LogP contribution in [0.3, 0.4) is 0 Å². The topological polar surface area (TPSA) is 18.5 Å². The number of rotatable bonds is 5. The summed E-state index contributed by atoms with van der Waals surface area (Å²) in [6, 6.07) is 9.54. The van der Waals surface area contributed by atoms with Gasteiger partial charge in [-0.25, -0.2) is 0 Å². The van der Waals surface area contributed by atoms with Gasteiger partial charge in [-0.15, -0.1) is 0 Å². The molecule has 0 bridgehead atoms. The van der Waals surface area contributed by atoms with Crippen molar-refractivity contribution in [3.8, 4) is 5.75 Å². The molecule has 0 heterocycles. The highest BCUT2D eigenvalue weighted by atomic mass is 16.6. The van der Waals surface area contributed by atoms with Crippen LogP contribution in [-0.4, -0.2) is 14.3 Å². The van der Waals surface area contributed by atoms with E-state index in [1.165, 1.54) is 7.69 Å². The summed E-state index contributed by atoms with van der Waals surface area (Å²) in [6.45, 7) is 2.75. The first kappa shape index (κ1) is 9.14. The quantitative estimate of drug-likeness (QED) is 0.488. The van der Waals surface area contributed by atoms with Gasteiger partial charge in [-0.05, 0) is 18.6 Å². The fraction of sp³-hybridized carbons (Fsp3) is 0.333. The van der Waals surface area contributed by atoms with Crippen molar-refractivity contribution < 1.29 is 9.31 Å². The van der Waals surface area contributed by atoms with Crippen molar-refractivity contribution in [1.29, 1.82) is 0 Å². The second-order valence-corrected chi connectivity index (χ2v) is 2.40. The van der Waals surface area contributed by atoms with Gasteiger partial charge in [0.1, 0.15) is 0 Å². The van der Waals surface area contributed by atoms with Gasteiger partial charge in [0.25, 0.3) is 0 Å². The first-order valence-electron chi connectivity index (χ1n) is 4.08. The van der Waals surface area contributed by atoms with Gasteiger partial charge >= 0.3 is 7.69 Å². The summed E-state index contributed by atoms with van der Waals surface area (Å²) in [5, 5.41) is 0. The smallest absolute Gasteiger partial charge is 0.537 e. The largest absolute Gasteiger partial charge is 0.572 e. The Morgan fingerprint density at radius 1 is 1.25 bits per heavy atom. The molecule has 0 aliphatic heterocycles. The van der Waals surface area contributed by atoms with Crippen LogP contribution in [0.25, 0.3) is 0 Å². The summed E-state index contributed by atoms with van der Waals surface area (Å²) in [4.78, 5) is 0. The van der Waals surface area contributed by atoms with Crippen molar-refractivity contribution in [3.63, 3.8) is 0 Å². The van der Waals surface area contributed by atoms with Crippen molar-refractivity contribution in [1.82, 2.24) is 0 Å². The van der Waals surface area contributed by atoms with Gasteiger partial charge in [0, 0.05) is 6.61 Å². The highest BCUT2D eigenvalue weighted by Crippen LogP contribution is 2.06. The van der Waals surface area contributed by atoms with E-state index in [1.807, 2.05) is 30.3 Å². The maximum absolute atomic E-state index is 5.16. The highest BCUT2D eigenvalue weighted by molar-refractivity contribution is 6.19. The molecule has 0 saturated heterocycles. The Balaban J connectivity index is 2.16. The number of hydrogen-bond donors (Lipinski definition) is 0. The van der Waals surface area contributed by atoms with Crippen LogP contribution in [-0.2, 0) is 4.65 Å². The Kier molecular flexibility index (Phi) is 4.31. The van der Waals surface area contributed by atoms with Crippen molar-refractivity contribution in [2.45, 2.75) is 13.3 Å². The van der Waals surface area contributed by atoms with E-state index in [9.17, 15) is 0 Å². The molecule has 1 radical (unpaired) electrons. The molecule has 1 rings (SSSR count). The average molecular weight is 163 g/mol. The summed E-state index contributed by atoms with van der Waals surface area (Å²) in [5.74, 6) is 0.800. The van der Waals surface area contributed by atoms with Crippen LogP contribution in [0, 0.1) is 0 Å². The van der Waals surface area contributed by atoms with Crippen LogP contribution in [0.2, 0.25) is 0 Å². The minimum Gasteiger partial charge on any atom is -0.537 e. The molecule has 0 aliphatic rings. The summed E-state index contributed by atoms with van der Waals surface area (Å²) < 4.78 is 10.2. The zero-order valence-electron chi connectivity index (χ0n) is 7.19. The van der Waals surface area contributed by atoms with Gasteiger partial charge < -0.3 is 9.31 Å². The summed E-state index contributed by atoms with van der Waals surface area (Å²) in [5.41, 5.74) is 0. The third-order valence-electron chi connectivity index (χ3n) is 1.32. The third kappa shape index (κ3) is 3.44. The minimum atomic E-state index is 0.701. The van der Waals surface area contributed by atoms with E-state index in [0.29, 0.717) is 6.61 Å². The molecule has 12 heavy (non-hydrogen) atoms. The normalized spacial score (nSPS) is 9.42. The first-order valence-corrected chi connectivity index (χ1v) is 4.08. The Morgan fingerprint density at radius 3 is 2.67 bits per heavy atom. The second kappa shape index (κ2) is 5.66. The molecule has 0 amide bonds. The fourth-order valence-corrected chi connectivity index (χ4v) is 0.755. The number of para-hydroxylation sites is 1. The standard InChI is InChI=1S/C9H12BO2/c1-2-8-11-10-12-9-6-4-3-5-7-9/h3-7H,2,8H2,1H3. The molecular weight excluding hydrogens is 151 g/mol. The number of hydrogen-bond acceptors (Lipinski definition) is 2. The summed E-state index contributed by atoms with van der Waals surface area (Å²) in [7, 11) is 1.37. The van der Waals surface area contributed by atoms with Crippen molar-refractivity contribution in [2.24, 2.45) is 0 Å². The van der Waals surface area contributed by atoms with Gasteiger partial charge in [0.15, 0.2) is 0 Å². The Bertz CT molecular complexity index is 201. The second-order valence-electron chi connectivity index (χ2n) is 2.40. The van der Waals surface area contributed by atoms with Gasteiger partial charge in [-0.2, -0.15) is 0 Å². The first-order chi connectivity index (χ1) is 5.93. The molecule has 0 atom stereocenters. The van der Waals surface area contributed by atoms with E-state index in [0.717, 1.165) is 12.2 Å². The fourth-order valence-electron chi connectivity index (χ4n) is 0.755. The van der Waals surface area contributed by atoms with Gasteiger partial charge in [0.05, 0.1) is 5.75 Å². The minimum absolute atomic E-state index is 0.701. The van der Waals surface area contributed by atoms with Crippen LogP contribution < -0.4 is 4.65 Å². The van der Waals surface area contributed by atoms with E-state index in [2.05, 4.69) is 6.92 Å². The lowest BCUT2D eigenvalue weighted by Gasteiger charge is -2.02. The van der Waals surface area contributed by atoms with Crippen molar-refractivity contribution in [3.05, 3.63) is 30.3 Å². The van der Waals surface area contributed by atoms with E-state index < -0.39 is 0 Å². The molecular formula is C9H12BO2. The van der Waals surface area contributed by atoms with E-state index in [-0.39, 0.29) is 0 Å². The monoisotopic (exact) mass is 163 g/mol. The van der Waals surface area contributed by atoms with E-state index >= 15 is 0 Å². The van der Waals surface area contributed by atoms with Crippen LogP contribution >= 0.6 is 0 Å². The average Bonchev–Trinajstić information content (AvgIpc) is 2.14. The molecule has 1 aromatic carbocycles. The van der Waals surface area contributed by atoms with Crippen molar-refractivity contribution in [2.75, 3.05) is 6.61 Å². The molecule has 0 aliphatic carbocycles. The molecule has 2 nitrogen and oxygen atoms in total. The third-order valence-corrected chi connectivity index (χ3v) is 1.32. The molecule has 0 saturated carbocycles. The lowest BCUT2D eigenvalue weighted by atomic mass is 10.3. The van der Waals surface area contributed by atoms with Crippen LogP contribution in [0.4, 0.5) is 0 Å². The van der Waals surface area contributed by atoms with Gasteiger partial charge in [-0.1, -0.05) is 25.1 Å². The zero-order chi connectivity index (χ0) is 8.65. The van der Waals surface area contributed by atoms with Gasteiger partial charge in [-0.3, -0.25) is 0 Å². The Labute approximate surface area is 73.8 Å². The van der Waals surface area contributed by atoms with E-state index in [1.54, 1.807) is 0 Å². The van der Waals surface area contributed by atoms with Crippen LogP contribution in [0.15, 0.2) is 30.3 Å². The SMILES string of the molecule is CCCO[B]Oc1ccccc1. The molecule has 0 unspecified atom stereocenters. The van der Waals surface area contributed by atoms with Gasteiger partial charge in [0.2, 0.25) is 0 Å². The maximum atomic E-state index is 5.16.